The summed E-state index contributed by atoms with van der Waals surface area (Å²) in [7, 11) is 0. The number of aromatic amines is 1. The average Bonchev–Trinajstić information content (AvgIpc) is 3.60. The normalized spacial score (nSPS) is 17.8. The highest BCUT2D eigenvalue weighted by Gasteiger charge is 2.35. The quantitative estimate of drug-likeness (QED) is 0.408. The van der Waals surface area contributed by atoms with Gasteiger partial charge in [-0.25, -0.2) is 10.1 Å². The number of tetrazole rings is 1. The second-order valence-electron chi connectivity index (χ2n) is 10.3. The predicted octanol–water partition coefficient (Wildman–Crippen LogP) is 2.57. The van der Waals surface area contributed by atoms with Crippen LogP contribution in [0.15, 0.2) is 48.5 Å². The topological polar surface area (TPSA) is 101 Å². The molecule has 2 aliphatic rings. The molecule has 2 fully saturated rings. The van der Waals surface area contributed by atoms with Crippen molar-refractivity contribution in [2.45, 2.75) is 76.3 Å². The van der Waals surface area contributed by atoms with Crippen molar-refractivity contribution in [1.82, 2.24) is 35.5 Å². The van der Waals surface area contributed by atoms with Crippen molar-refractivity contribution in [3.05, 3.63) is 48.5 Å². The standard InChI is InChI=1S/C28H33N7O.ClH/c36-28(29-22-11-5-2-6-12-22)25(19-9-3-1-4-10-19)35-24-14-8-7-13-23(24)30-27(35)21-17-15-20(16-18-21)26-31-33-34-32-26;/h7-8,13-19,22,25H,1-6,9-12H2,(H,29,36)(H,31,32,33,34);1H. The molecular weight excluding hydrogens is 486 g/mol. The SMILES string of the molecule is O=C(NC1CCCCC1)C(C1CCCCC1)n1c(-c2ccc(-c3nnn[nH]3)cc2)nc2ccccc21.[Cl-].[H+]. The van der Waals surface area contributed by atoms with Gasteiger partial charge >= 0.3 is 1.43 Å². The molecule has 2 aliphatic carbocycles. The van der Waals surface area contributed by atoms with E-state index in [1.807, 2.05) is 42.5 Å². The van der Waals surface area contributed by atoms with Gasteiger partial charge in [-0.05, 0) is 54.2 Å². The summed E-state index contributed by atoms with van der Waals surface area (Å²) in [5, 5.41) is 17.7. The van der Waals surface area contributed by atoms with Gasteiger partial charge in [-0.15, -0.1) is 5.10 Å². The van der Waals surface area contributed by atoms with E-state index in [4.69, 9.17) is 4.98 Å². The number of amides is 1. The largest absolute Gasteiger partial charge is 1.00 e. The maximum Gasteiger partial charge on any atom is 1.00 e. The van der Waals surface area contributed by atoms with Crippen molar-refractivity contribution in [2.24, 2.45) is 5.92 Å². The van der Waals surface area contributed by atoms with E-state index in [-0.39, 0.29) is 31.8 Å². The number of para-hydroxylation sites is 2. The lowest BCUT2D eigenvalue weighted by Crippen LogP contribution is -3.00. The van der Waals surface area contributed by atoms with E-state index < -0.39 is 0 Å². The Morgan fingerprint density at radius 3 is 2.30 bits per heavy atom. The summed E-state index contributed by atoms with van der Waals surface area (Å²) in [5.41, 5.74) is 3.83. The van der Waals surface area contributed by atoms with Crippen molar-refractivity contribution in [1.29, 1.82) is 0 Å². The fourth-order valence-corrected chi connectivity index (χ4v) is 6.11. The number of aromatic nitrogens is 6. The number of H-pyrrole nitrogens is 1. The van der Waals surface area contributed by atoms with Crippen molar-refractivity contribution >= 4 is 16.9 Å². The molecule has 0 radical (unpaired) electrons. The van der Waals surface area contributed by atoms with Crippen LogP contribution in [0, 0.1) is 5.92 Å². The van der Waals surface area contributed by atoms with E-state index in [0.29, 0.717) is 11.7 Å². The Bertz CT molecular complexity index is 1310. The van der Waals surface area contributed by atoms with Crippen LogP contribution in [0.4, 0.5) is 0 Å². The Morgan fingerprint density at radius 1 is 0.919 bits per heavy atom. The van der Waals surface area contributed by atoms with E-state index in [2.05, 4.69) is 36.6 Å². The number of carbonyl (C=O) groups excluding carboxylic acids is 1. The zero-order valence-electron chi connectivity index (χ0n) is 21.9. The molecule has 1 unspecified atom stereocenters. The van der Waals surface area contributed by atoms with Crippen LogP contribution in [0.1, 0.15) is 71.7 Å². The van der Waals surface area contributed by atoms with Crippen LogP contribution in [0.2, 0.25) is 0 Å². The van der Waals surface area contributed by atoms with Crippen molar-refractivity contribution in [3.63, 3.8) is 0 Å². The highest BCUT2D eigenvalue weighted by molar-refractivity contribution is 5.87. The predicted molar refractivity (Wildman–Crippen MR) is 140 cm³/mol. The third-order valence-corrected chi connectivity index (χ3v) is 7.95. The molecule has 9 heteroatoms. The Hall–Kier alpha value is -3.26. The lowest BCUT2D eigenvalue weighted by molar-refractivity contribution is -0.127. The lowest BCUT2D eigenvalue weighted by atomic mass is 9.82. The molecular formula is C28H34ClN7O. The first-order valence-electron chi connectivity index (χ1n) is 13.4. The molecule has 1 atom stereocenters. The highest BCUT2D eigenvalue weighted by Crippen LogP contribution is 2.39. The third-order valence-electron chi connectivity index (χ3n) is 7.95. The van der Waals surface area contributed by atoms with Crippen LogP contribution in [0.25, 0.3) is 33.8 Å². The number of imidazole rings is 1. The smallest absolute Gasteiger partial charge is 1.00 e. The molecule has 2 saturated carbocycles. The van der Waals surface area contributed by atoms with Gasteiger partial charge in [0.25, 0.3) is 0 Å². The van der Waals surface area contributed by atoms with Gasteiger partial charge in [0.2, 0.25) is 5.91 Å². The molecule has 37 heavy (non-hydrogen) atoms. The van der Waals surface area contributed by atoms with Crippen molar-refractivity contribution in [3.8, 4) is 22.8 Å². The summed E-state index contributed by atoms with van der Waals surface area (Å²) < 4.78 is 2.23. The Kier molecular flexibility index (Phi) is 7.84. The second kappa shape index (κ2) is 11.4. The minimum Gasteiger partial charge on any atom is -1.00 e. The molecule has 8 nitrogen and oxygen atoms in total. The number of rotatable bonds is 6. The Labute approximate surface area is 224 Å². The molecule has 1 amide bonds. The first-order valence-corrected chi connectivity index (χ1v) is 13.4. The number of fused-ring (bicyclic) bond motifs is 1. The molecule has 0 aliphatic heterocycles. The third kappa shape index (κ3) is 5.25. The summed E-state index contributed by atoms with van der Waals surface area (Å²) >= 11 is 0. The molecule has 0 spiro atoms. The van der Waals surface area contributed by atoms with Crippen LogP contribution < -0.4 is 17.7 Å². The Morgan fingerprint density at radius 2 is 1.59 bits per heavy atom. The van der Waals surface area contributed by atoms with Crippen molar-refractivity contribution < 1.29 is 18.6 Å². The van der Waals surface area contributed by atoms with Gasteiger partial charge in [0.05, 0.1) is 11.0 Å². The molecule has 6 rings (SSSR count). The van der Waals surface area contributed by atoms with Gasteiger partial charge in [-0.3, -0.25) is 4.79 Å². The van der Waals surface area contributed by atoms with Gasteiger partial charge in [0.1, 0.15) is 11.9 Å². The number of carbonyl (C=O) groups is 1. The van der Waals surface area contributed by atoms with Gasteiger partial charge in [-0.2, -0.15) is 0 Å². The van der Waals surface area contributed by atoms with Crippen LogP contribution >= 0.6 is 0 Å². The van der Waals surface area contributed by atoms with E-state index in [1.165, 1.54) is 38.5 Å². The summed E-state index contributed by atoms with van der Waals surface area (Å²) in [5.74, 6) is 1.93. The van der Waals surface area contributed by atoms with Crippen molar-refractivity contribution in [2.75, 3.05) is 0 Å². The number of benzene rings is 2. The zero-order chi connectivity index (χ0) is 24.3. The van der Waals surface area contributed by atoms with Crippen LogP contribution in [0.5, 0.6) is 0 Å². The van der Waals surface area contributed by atoms with E-state index in [1.54, 1.807) is 0 Å². The van der Waals surface area contributed by atoms with Gasteiger partial charge in [-0.1, -0.05) is 74.9 Å². The molecule has 194 valence electrons. The number of hydrogen-bond donors (Lipinski definition) is 2. The minimum atomic E-state index is -0.271. The summed E-state index contributed by atoms with van der Waals surface area (Å²) in [6, 6.07) is 16.3. The monoisotopic (exact) mass is 519 g/mol. The second-order valence-corrected chi connectivity index (χ2v) is 10.3. The molecule has 4 aromatic rings. The minimum absolute atomic E-state index is 0. The van der Waals surface area contributed by atoms with E-state index in [0.717, 1.165) is 53.7 Å². The number of halogens is 1. The zero-order valence-corrected chi connectivity index (χ0v) is 21.7. The van der Waals surface area contributed by atoms with Crippen LogP contribution in [-0.2, 0) is 4.79 Å². The molecule has 0 bridgehead atoms. The van der Waals surface area contributed by atoms with Gasteiger partial charge < -0.3 is 22.3 Å². The van der Waals surface area contributed by atoms with Gasteiger partial charge in [0, 0.05) is 17.2 Å². The van der Waals surface area contributed by atoms with Crippen LogP contribution in [-0.4, -0.2) is 42.1 Å². The average molecular weight is 520 g/mol. The fourth-order valence-electron chi connectivity index (χ4n) is 6.11. The summed E-state index contributed by atoms with van der Waals surface area (Å²) in [6.07, 6.45) is 11.6. The molecule has 2 aromatic carbocycles. The molecule has 2 N–H and O–H groups in total. The number of nitrogens with zero attached hydrogens (tertiary/aromatic N) is 5. The first kappa shape index (κ1) is 25.4. The van der Waals surface area contributed by atoms with Crippen LogP contribution in [0.3, 0.4) is 0 Å². The lowest BCUT2D eigenvalue weighted by Gasteiger charge is -2.33. The first-order chi connectivity index (χ1) is 17.8. The number of nitrogens with one attached hydrogen (secondary N) is 2. The van der Waals surface area contributed by atoms with Gasteiger partial charge in [0.15, 0.2) is 5.82 Å². The van der Waals surface area contributed by atoms with E-state index in [9.17, 15) is 4.79 Å². The maximum atomic E-state index is 14.1. The number of hydrogen-bond acceptors (Lipinski definition) is 5. The molecule has 0 saturated heterocycles. The fraction of sp³-hybridized carbons (Fsp3) is 0.464. The highest BCUT2D eigenvalue weighted by atomic mass is 35.5. The molecule has 2 heterocycles. The molecule has 2 aromatic heterocycles. The Balaban J connectivity index is 0.00000168. The van der Waals surface area contributed by atoms with E-state index >= 15 is 0 Å². The summed E-state index contributed by atoms with van der Waals surface area (Å²) in [6.45, 7) is 0. The summed E-state index contributed by atoms with van der Waals surface area (Å²) in [4.78, 5) is 19.1. The maximum absolute atomic E-state index is 14.1.